The number of nitrogen functional groups attached to an aromatic ring is 1. The lowest BCUT2D eigenvalue weighted by Crippen LogP contribution is -2.33. The molecule has 1 aromatic rings. The standard InChI is InChI=1S/C10H15N3O3S/c1-2-7-3-4-8(5-9(7)11)17(15,16)13-6-10(12)14/h3-5,13H,2,6,11H2,1H3,(H2,12,14). The Hall–Kier alpha value is -1.60. The first-order valence-corrected chi connectivity index (χ1v) is 6.51. The Morgan fingerprint density at radius 3 is 2.53 bits per heavy atom. The molecule has 1 aromatic carbocycles. The van der Waals surface area contributed by atoms with Crippen LogP contribution in [0.2, 0.25) is 0 Å². The second kappa shape index (κ2) is 5.15. The van der Waals surface area contributed by atoms with E-state index >= 15 is 0 Å². The molecule has 0 saturated heterocycles. The molecule has 5 N–H and O–H groups in total. The Labute approximate surface area is 100 Å². The minimum absolute atomic E-state index is 0.0217. The number of hydrogen-bond acceptors (Lipinski definition) is 4. The van der Waals surface area contributed by atoms with Gasteiger partial charge in [0.1, 0.15) is 0 Å². The lowest BCUT2D eigenvalue weighted by Gasteiger charge is -2.08. The zero-order valence-electron chi connectivity index (χ0n) is 9.43. The van der Waals surface area contributed by atoms with Crippen LogP contribution in [0.3, 0.4) is 0 Å². The number of carbonyl (C=O) groups is 1. The van der Waals surface area contributed by atoms with Gasteiger partial charge in [-0.2, -0.15) is 0 Å². The first kappa shape index (κ1) is 13.5. The summed E-state index contributed by atoms with van der Waals surface area (Å²) in [5, 5.41) is 0. The molecule has 0 bridgehead atoms. The van der Waals surface area contributed by atoms with Crippen LogP contribution < -0.4 is 16.2 Å². The van der Waals surface area contributed by atoms with Gasteiger partial charge in [-0.1, -0.05) is 13.0 Å². The first-order chi connectivity index (χ1) is 7.86. The lowest BCUT2D eigenvalue weighted by atomic mass is 10.1. The summed E-state index contributed by atoms with van der Waals surface area (Å²) in [5.74, 6) is -0.744. The van der Waals surface area contributed by atoms with Crippen molar-refractivity contribution in [2.75, 3.05) is 12.3 Å². The van der Waals surface area contributed by atoms with Crippen LogP contribution in [0.5, 0.6) is 0 Å². The van der Waals surface area contributed by atoms with Crippen molar-refractivity contribution in [3.63, 3.8) is 0 Å². The van der Waals surface area contributed by atoms with Crippen molar-refractivity contribution in [2.45, 2.75) is 18.2 Å². The molecule has 1 rings (SSSR count). The van der Waals surface area contributed by atoms with Crippen LogP contribution >= 0.6 is 0 Å². The lowest BCUT2D eigenvalue weighted by molar-refractivity contribution is -0.116. The molecule has 0 aliphatic heterocycles. The molecular formula is C10H15N3O3S. The fraction of sp³-hybridized carbons (Fsp3) is 0.300. The largest absolute Gasteiger partial charge is 0.398 e. The maximum Gasteiger partial charge on any atom is 0.241 e. The topological polar surface area (TPSA) is 115 Å². The number of benzene rings is 1. The van der Waals surface area contributed by atoms with Crippen LogP contribution in [-0.4, -0.2) is 20.9 Å². The summed E-state index contributed by atoms with van der Waals surface area (Å²) in [4.78, 5) is 10.5. The second-order valence-corrected chi connectivity index (χ2v) is 5.27. The Kier molecular flexibility index (Phi) is 4.08. The average Bonchev–Trinajstić information content (AvgIpc) is 2.26. The molecular weight excluding hydrogens is 242 g/mol. The maximum absolute atomic E-state index is 11.7. The van der Waals surface area contributed by atoms with Gasteiger partial charge in [-0.25, -0.2) is 13.1 Å². The SMILES string of the molecule is CCc1ccc(S(=O)(=O)NCC(N)=O)cc1N. The highest BCUT2D eigenvalue weighted by Crippen LogP contribution is 2.18. The van der Waals surface area contributed by atoms with Gasteiger partial charge < -0.3 is 11.5 Å². The highest BCUT2D eigenvalue weighted by molar-refractivity contribution is 7.89. The Morgan fingerprint density at radius 2 is 2.06 bits per heavy atom. The predicted molar refractivity (Wildman–Crippen MR) is 64.6 cm³/mol. The summed E-state index contributed by atoms with van der Waals surface area (Å²) in [6, 6.07) is 4.45. The predicted octanol–water partition coefficient (Wildman–Crippen LogP) is -0.405. The zero-order chi connectivity index (χ0) is 13.1. The number of nitrogens with one attached hydrogen (secondary N) is 1. The fourth-order valence-corrected chi connectivity index (χ4v) is 2.34. The number of anilines is 1. The summed E-state index contributed by atoms with van der Waals surface area (Å²) in [6.45, 7) is 1.49. The van der Waals surface area contributed by atoms with Crippen molar-refractivity contribution in [1.82, 2.24) is 4.72 Å². The van der Waals surface area contributed by atoms with E-state index < -0.39 is 22.5 Å². The maximum atomic E-state index is 11.7. The number of nitrogens with two attached hydrogens (primary N) is 2. The quantitative estimate of drug-likeness (QED) is 0.622. The molecule has 0 radical (unpaired) electrons. The van der Waals surface area contributed by atoms with E-state index in [-0.39, 0.29) is 4.90 Å². The van der Waals surface area contributed by atoms with Crippen molar-refractivity contribution in [2.24, 2.45) is 5.73 Å². The molecule has 7 heteroatoms. The molecule has 0 atom stereocenters. The summed E-state index contributed by atoms with van der Waals surface area (Å²) in [7, 11) is -3.73. The molecule has 6 nitrogen and oxygen atoms in total. The Morgan fingerprint density at radius 1 is 1.41 bits per heavy atom. The average molecular weight is 257 g/mol. The third-order valence-electron chi connectivity index (χ3n) is 2.24. The number of primary amides is 1. The van der Waals surface area contributed by atoms with Crippen LogP contribution in [0, 0.1) is 0 Å². The van der Waals surface area contributed by atoms with E-state index in [1.165, 1.54) is 12.1 Å². The van der Waals surface area contributed by atoms with Crippen molar-refractivity contribution in [1.29, 1.82) is 0 Å². The number of carbonyl (C=O) groups excluding carboxylic acids is 1. The van der Waals surface area contributed by atoms with Gasteiger partial charge in [-0.15, -0.1) is 0 Å². The Bertz CT molecular complexity index is 526. The minimum atomic E-state index is -3.73. The minimum Gasteiger partial charge on any atom is -0.398 e. The third-order valence-corrected chi connectivity index (χ3v) is 3.64. The smallest absolute Gasteiger partial charge is 0.241 e. The number of sulfonamides is 1. The molecule has 94 valence electrons. The monoisotopic (exact) mass is 257 g/mol. The van der Waals surface area contributed by atoms with E-state index in [0.29, 0.717) is 5.69 Å². The van der Waals surface area contributed by atoms with E-state index in [4.69, 9.17) is 11.5 Å². The summed E-state index contributed by atoms with van der Waals surface area (Å²) in [5.41, 5.74) is 11.8. The van der Waals surface area contributed by atoms with Gasteiger partial charge in [0, 0.05) is 5.69 Å². The van der Waals surface area contributed by atoms with Gasteiger partial charge in [-0.3, -0.25) is 4.79 Å². The number of rotatable bonds is 5. The van der Waals surface area contributed by atoms with Gasteiger partial charge >= 0.3 is 0 Å². The molecule has 0 saturated carbocycles. The third kappa shape index (κ3) is 3.43. The van der Waals surface area contributed by atoms with Crippen LogP contribution in [0.1, 0.15) is 12.5 Å². The summed E-state index contributed by atoms with van der Waals surface area (Å²) in [6.07, 6.45) is 0.723. The second-order valence-electron chi connectivity index (χ2n) is 3.51. The molecule has 0 aromatic heterocycles. The summed E-state index contributed by atoms with van der Waals surface area (Å²) >= 11 is 0. The number of hydrogen-bond donors (Lipinski definition) is 3. The van der Waals surface area contributed by atoms with Crippen molar-refractivity contribution < 1.29 is 13.2 Å². The summed E-state index contributed by atoms with van der Waals surface area (Å²) < 4.78 is 25.5. The van der Waals surface area contributed by atoms with E-state index in [9.17, 15) is 13.2 Å². The van der Waals surface area contributed by atoms with Gasteiger partial charge in [0.15, 0.2) is 0 Å². The van der Waals surface area contributed by atoms with E-state index in [0.717, 1.165) is 12.0 Å². The van der Waals surface area contributed by atoms with Crippen LogP contribution in [0.4, 0.5) is 5.69 Å². The number of amides is 1. The van der Waals surface area contributed by atoms with Gasteiger partial charge in [0.25, 0.3) is 0 Å². The molecule has 0 heterocycles. The molecule has 1 amide bonds. The van der Waals surface area contributed by atoms with E-state index in [1.807, 2.05) is 6.92 Å². The first-order valence-electron chi connectivity index (χ1n) is 5.03. The molecule has 0 fully saturated rings. The highest BCUT2D eigenvalue weighted by Gasteiger charge is 2.15. The zero-order valence-corrected chi connectivity index (χ0v) is 10.3. The highest BCUT2D eigenvalue weighted by atomic mass is 32.2. The molecule has 0 unspecified atom stereocenters. The molecule has 0 aliphatic rings. The van der Waals surface area contributed by atoms with Gasteiger partial charge in [0.2, 0.25) is 15.9 Å². The molecule has 0 aliphatic carbocycles. The van der Waals surface area contributed by atoms with Gasteiger partial charge in [-0.05, 0) is 24.1 Å². The number of aryl methyl sites for hydroxylation is 1. The van der Waals surface area contributed by atoms with Crippen molar-refractivity contribution in [3.8, 4) is 0 Å². The van der Waals surface area contributed by atoms with Gasteiger partial charge in [0.05, 0.1) is 11.4 Å². The van der Waals surface area contributed by atoms with E-state index in [1.54, 1.807) is 6.07 Å². The van der Waals surface area contributed by atoms with Crippen LogP contribution in [-0.2, 0) is 21.2 Å². The van der Waals surface area contributed by atoms with E-state index in [2.05, 4.69) is 4.72 Å². The van der Waals surface area contributed by atoms with Crippen molar-refractivity contribution in [3.05, 3.63) is 23.8 Å². The fourth-order valence-electron chi connectivity index (χ4n) is 1.31. The van der Waals surface area contributed by atoms with Crippen LogP contribution in [0.25, 0.3) is 0 Å². The Balaban J connectivity index is 2.99. The normalized spacial score (nSPS) is 11.4. The van der Waals surface area contributed by atoms with Crippen LogP contribution in [0.15, 0.2) is 23.1 Å². The van der Waals surface area contributed by atoms with Crippen molar-refractivity contribution >= 4 is 21.6 Å². The molecule has 0 spiro atoms. The molecule has 17 heavy (non-hydrogen) atoms.